The molecule has 0 unspecified atom stereocenters. The van der Waals surface area contributed by atoms with Gasteiger partial charge in [0.05, 0.1) is 19.7 Å². The summed E-state index contributed by atoms with van der Waals surface area (Å²) >= 11 is 0. The molecule has 0 fully saturated rings. The SMILES string of the molecule is COC(=O)C[C@H](c1cnn(C)c1)c1c(Cc2ccc3c(c2)CCC(C)(C)O3)[nH][nH]c1=O. The molecule has 2 N–H and O–H groups in total. The quantitative estimate of drug-likeness (QED) is 0.593. The number of esters is 1. The molecule has 4 rings (SSSR count). The summed E-state index contributed by atoms with van der Waals surface area (Å²) in [6.45, 7) is 4.20. The zero-order valence-electron chi connectivity index (χ0n) is 18.3. The van der Waals surface area contributed by atoms with Crippen LogP contribution >= 0.6 is 0 Å². The highest BCUT2D eigenvalue weighted by Gasteiger charge is 2.28. The van der Waals surface area contributed by atoms with E-state index >= 15 is 0 Å². The van der Waals surface area contributed by atoms with Gasteiger partial charge in [0, 0.05) is 36.8 Å². The van der Waals surface area contributed by atoms with Crippen LogP contribution in [0, 0.1) is 0 Å². The van der Waals surface area contributed by atoms with E-state index < -0.39 is 5.92 Å². The number of nitrogens with zero attached hydrogens (tertiary/aromatic N) is 2. The van der Waals surface area contributed by atoms with Gasteiger partial charge in [-0.3, -0.25) is 19.4 Å². The summed E-state index contributed by atoms with van der Waals surface area (Å²) < 4.78 is 12.6. The average molecular weight is 425 g/mol. The number of aromatic amines is 2. The first kappa shape index (κ1) is 21.0. The molecule has 0 saturated carbocycles. The lowest BCUT2D eigenvalue weighted by Gasteiger charge is -2.32. The number of rotatable bonds is 6. The number of hydrogen-bond acceptors (Lipinski definition) is 5. The second-order valence-electron chi connectivity index (χ2n) is 8.73. The molecule has 31 heavy (non-hydrogen) atoms. The van der Waals surface area contributed by atoms with Crippen LogP contribution in [-0.2, 0) is 29.4 Å². The van der Waals surface area contributed by atoms with E-state index in [9.17, 15) is 9.59 Å². The highest BCUT2D eigenvalue weighted by Crippen LogP contribution is 2.34. The Bertz CT molecular complexity index is 1150. The molecule has 0 saturated heterocycles. The number of carbonyl (C=O) groups excluding carboxylic acids is 1. The van der Waals surface area contributed by atoms with Crippen molar-refractivity contribution in [3.8, 4) is 5.75 Å². The van der Waals surface area contributed by atoms with Gasteiger partial charge in [-0.25, -0.2) is 0 Å². The average Bonchev–Trinajstić information content (AvgIpc) is 3.31. The number of H-pyrrole nitrogens is 2. The maximum atomic E-state index is 12.7. The van der Waals surface area contributed by atoms with Crippen molar-refractivity contribution in [2.24, 2.45) is 7.05 Å². The first-order valence-corrected chi connectivity index (χ1v) is 10.4. The number of benzene rings is 1. The van der Waals surface area contributed by atoms with Gasteiger partial charge < -0.3 is 14.6 Å². The van der Waals surface area contributed by atoms with Crippen LogP contribution < -0.4 is 10.3 Å². The third kappa shape index (κ3) is 4.42. The Morgan fingerprint density at radius 2 is 2.16 bits per heavy atom. The van der Waals surface area contributed by atoms with Gasteiger partial charge in [0.15, 0.2) is 0 Å². The normalized spacial score (nSPS) is 15.7. The second kappa shape index (κ2) is 8.09. The molecule has 0 radical (unpaired) electrons. The van der Waals surface area contributed by atoms with Crippen LogP contribution in [0.1, 0.15) is 60.6 Å². The zero-order chi connectivity index (χ0) is 22.2. The van der Waals surface area contributed by atoms with Gasteiger partial charge in [0.2, 0.25) is 0 Å². The topological polar surface area (TPSA) is 102 Å². The minimum absolute atomic E-state index is 0.0588. The predicted octanol–water partition coefficient (Wildman–Crippen LogP) is 2.83. The van der Waals surface area contributed by atoms with E-state index in [-0.39, 0.29) is 23.6 Å². The minimum atomic E-state index is -0.451. The summed E-state index contributed by atoms with van der Waals surface area (Å²) in [5.74, 6) is 0.0866. The van der Waals surface area contributed by atoms with Crippen LogP contribution in [0.25, 0.3) is 0 Å². The summed E-state index contributed by atoms with van der Waals surface area (Å²) in [5.41, 5.74) is 3.93. The van der Waals surface area contributed by atoms with Crippen LogP contribution in [0.4, 0.5) is 0 Å². The second-order valence-corrected chi connectivity index (χ2v) is 8.73. The molecule has 164 valence electrons. The van der Waals surface area contributed by atoms with Crippen molar-refractivity contribution in [2.45, 2.75) is 51.0 Å². The largest absolute Gasteiger partial charge is 0.488 e. The highest BCUT2D eigenvalue weighted by atomic mass is 16.5. The van der Waals surface area contributed by atoms with Crippen molar-refractivity contribution >= 4 is 5.97 Å². The fourth-order valence-electron chi connectivity index (χ4n) is 4.19. The van der Waals surface area contributed by atoms with Crippen LogP contribution in [-0.4, -0.2) is 38.7 Å². The van der Waals surface area contributed by atoms with E-state index in [1.165, 1.54) is 12.7 Å². The van der Waals surface area contributed by atoms with Crippen molar-refractivity contribution in [2.75, 3.05) is 7.11 Å². The molecule has 1 aromatic carbocycles. The van der Waals surface area contributed by atoms with Crippen molar-refractivity contribution in [3.63, 3.8) is 0 Å². The Labute approximate surface area is 180 Å². The molecule has 1 aliphatic heterocycles. The van der Waals surface area contributed by atoms with E-state index in [0.29, 0.717) is 12.0 Å². The molecular weight excluding hydrogens is 396 g/mol. The van der Waals surface area contributed by atoms with E-state index in [2.05, 4.69) is 35.2 Å². The molecule has 1 aliphatic rings. The summed E-state index contributed by atoms with van der Waals surface area (Å²) in [6, 6.07) is 6.16. The zero-order valence-corrected chi connectivity index (χ0v) is 18.3. The Hall–Kier alpha value is -3.29. The van der Waals surface area contributed by atoms with Gasteiger partial charge in [0.25, 0.3) is 5.56 Å². The van der Waals surface area contributed by atoms with Crippen LogP contribution in [0.2, 0.25) is 0 Å². The molecule has 3 heterocycles. The molecule has 0 bridgehead atoms. The Kier molecular flexibility index (Phi) is 5.47. The van der Waals surface area contributed by atoms with Crippen molar-refractivity contribution < 1.29 is 14.3 Å². The number of methoxy groups -OCH3 is 1. The van der Waals surface area contributed by atoms with Gasteiger partial charge in [-0.05, 0) is 49.4 Å². The lowest BCUT2D eigenvalue weighted by Crippen LogP contribution is -2.32. The number of ether oxygens (including phenoxy) is 2. The molecule has 8 nitrogen and oxygen atoms in total. The highest BCUT2D eigenvalue weighted by molar-refractivity contribution is 5.71. The molecule has 0 spiro atoms. The smallest absolute Gasteiger partial charge is 0.306 e. The lowest BCUT2D eigenvalue weighted by molar-refractivity contribution is -0.140. The van der Waals surface area contributed by atoms with Crippen LogP contribution in [0.15, 0.2) is 35.4 Å². The van der Waals surface area contributed by atoms with Gasteiger partial charge in [-0.1, -0.05) is 12.1 Å². The number of hydrogen-bond donors (Lipinski definition) is 2. The monoisotopic (exact) mass is 424 g/mol. The summed E-state index contributed by atoms with van der Waals surface area (Å²) in [4.78, 5) is 24.8. The van der Waals surface area contributed by atoms with E-state index in [1.54, 1.807) is 17.9 Å². The third-order valence-corrected chi connectivity index (χ3v) is 5.86. The molecule has 3 aromatic rings. The summed E-state index contributed by atoms with van der Waals surface area (Å²) in [6.07, 6.45) is 6.00. The van der Waals surface area contributed by atoms with E-state index in [1.807, 2.05) is 18.3 Å². The molecule has 2 aromatic heterocycles. The van der Waals surface area contributed by atoms with Gasteiger partial charge in [0.1, 0.15) is 11.4 Å². The van der Waals surface area contributed by atoms with Crippen molar-refractivity contribution in [1.29, 1.82) is 0 Å². The minimum Gasteiger partial charge on any atom is -0.488 e. The van der Waals surface area contributed by atoms with Crippen molar-refractivity contribution in [1.82, 2.24) is 20.0 Å². The van der Waals surface area contributed by atoms with Gasteiger partial charge >= 0.3 is 5.97 Å². The maximum Gasteiger partial charge on any atom is 0.306 e. The Morgan fingerprint density at radius 1 is 1.35 bits per heavy atom. The van der Waals surface area contributed by atoms with Gasteiger partial charge in [-0.2, -0.15) is 5.10 Å². The molecular formula is C23H28N4O4. The maximum absolute atomic E-state index is 12.7. The number of fused-ring (bicyclic) bond motifs is 1. The lowest BCUT2D eigenvalue weighted by atomic mass is 9.88. The number of aryl methyl sites for hydroxylation is 2. The number of carbonyl (C=O) groups is 1. The molecule has 8 heteroatoms. The molecule has 0 aliphatic carbocycles. The standard InChI is InChI=1S/C23H28N4O4/c1-23(2)8-7-15-9-14(5-6-19(15)31-23)10-18-21(22(29)26-25-18)17(11-20(28)30-4)16-12-24-27(3)13-16/h5-6,9,12-13,17H,7-8,10-11H2,1-4H3,(H2,25,26,29)/t17-/m1/s1. The van der Waals surface area contributed by atoms with Crippen LogP contribution in [0.3, 0.4) is 0 Å². The first-order chi connectivity index (χ1) is 14.8. The van der Waals surface area contributed by atoms with Crippen molar-refractivity contribution in [3.05, 3.63) is 68.9 Å². The van der Waals surface area contributed by atoms with Crippen LogP contribution in [0.5, 0.6) is 5.75 Å². The summed E-state index contributed by atoms with van der Waals surface area (Å²) in [5, 5.41) is 9.92. The fraction of sp³-hybridized carbons (Fsp3) is 0.435. The fourth-order valence-corrected chi connectivity index (χ4v) is 4.19. The number of aromatic nitrogens is 4. The Morgan fingerprint density at radius 3 is 2.87 bits per heavy atom. The molecule has 0 amide bonds. The van der Waals surface area contributed by atoms with E-state index in [0.717, 1.165) is 35.4 Å². The van der Waals surface area contributed by atoms with E-state index in [4.69, 9.17) is 9.47 Å². The Balaban J connectivity index is 1.67. The summed E-state index contributed by atoms with van der Waals surface area (Å²) in [7, 11) is 3.15. The molecule has 1 atom stereocenters. The predicted molar refractivity (Wildman–Crippen MR) is 115 cm³/mol. The third-order valence-electron chi connectivity index (χ3n) is 5.86. The van der Waals surface area contributed by atoms with Gasteiger partial charge in [-0.15, -0.1) is 0 Å². The number of nitrogens with one attached hydrogen (secondary N) is 2. The first-order valence-electron chi connectivity index (χ1n) is 10.4.